The number of carbonyl (C=O) groups excluding carboxylic acids is 1. The van der Waals surface area contributed by atoms with Crippen molar-refractivity contribution in [1.29, 1.82) is 0 Å². The third-order valence-electron chi connectivity index (χ3n) is 5.04. The third kappa shape index (κ3) is 6.43. The molecule has 2 fully saturated rings. The Hall–Kier alpha value is -0.790. The minimum atomic E-state index is 0. The number of anilines is 1. The number of hydrogen-bond acceptors (Lipinski definition) is 5. The maximum atomic E-state index is 12.2. The average molecular weight is 427 g/mol. The summed E-state index contributed by atoms with van der Waals surface area (Å²) in [5.41, 5.74) is 1.11. The average Bonchev–Trinajstić information content (AvgIpc) is 2.52. The molecule has 0 radical (unpaired) electrons. The van der Waals surface area contributed by atoms with Gasteiger partial charge in [-0.05, 0) is 43.8 Å². The van der Waals surface area contributed by atoms with E-state index < -0.39 is 0 Å². The molecule has 1 unspecified atom stereocenters. The summed E-state index contributed by atoms with van der Waals surface area (Å²) in [6, 6.07) is 4.08. The summed E-state index contributed by atoms with van der Waals surface area (Å²) in [5, 5.41) is 6.28. The molecular formula is C17H30Cl3N5O. The van der Waals surface area contributed by atoms with Gasteiger partial charge in [0.2, 0.25) is 5.91 Å². The SMILES string of the molecule is CC(C(=O)NCc1ccnc(N2CCN(C)CC2)c1)C1CNC1.Cl.Cl.Cl. The van der Waals surface area contributed by atoms with Crippen LogP contribution in [0.2, 0.25) is 0 Å². The van der Waals surface area contributed by atoms with Crippen LogP contribution in [0.25, 0.3) is 0 Å². The van der Waals surface area contributed by atoms with Crippen LogP contribution in [-0.2, 0) is 11.3 Å². The molecule has 3 rings (SSSR count). The molecule has 2 aliphatic rings. The molecule has 2 saturated heterocycles. The first kappa shape index (κ1) is 25.2. The van der Waals surface area contributed by atoms with Crippen LogP contribution in [-0.4, -0.2) is 62.1 Å². The van der Waals surface area contributed by atoms with Crippen molar-refractivity contribution in [3.63, 3.8) is 0 Å². The number of nitrogens with one attached hydrogen (secondary N) is 2. The van der Waals surface area contributed by atoms with Crippen LogP contribution in [0.1, 0.15) is 12.5 Å². The maximum Gasteiger partial charge on any atom is 0.223 e. The van der Waals surface area contributed by atoms with Crippen LogP contribution in [0.15, 0.2) is 18.3 Å². The molecule has 1 atom stereocenters. The van der Waals surface area contributed by atoms with Crippen molar-refractivity contribution in [2.45, 2.75) is 13.5 Å². The number of amides is 1. The summed E-state index contributed by atoms with van der Waals surface area (Å²) < 4.78 is 0. The zero-order valence-electron chi connectivity index (χ0n) is 15.3. The molecule has 1 aromatic heterocycles. The number of nitrogens with zero attached hydrogens (tertiary/aromatic N) is 3. The van der Waals surface area contributed by atoms with Crippen molar-refractivity contribution >= 4 is 48.9 Å². The van der Waals surface area contributed by atoms with E-state index in [0.717, 1.165) is 50.6 Å². The Balaban J connectivity index is 0.00000208. The van der Waals surface area contributed by atoms with E-state index in [0.29, 0.717) is 12.5 Å². The highest BCUT2D eigenvalue weighted by Gasteiger charge is 2.28. The van der Waals surface area contributed by atoms with Crippen molar-refractivity contribution in [3.05, 3.63) is 23.9 Å². The van der Waals surface area contributed by atoms with Crippen molar-refractivity contribution in [2.75, 3.05) is 51.2 Å². The fourth-order valence-corrected chi connectivity index (χ4v) is 3.01. The summed E-state index contributed by atoms with van der Waals surface area (Å²) in [6.45, 7) is 8.64. The normalized spacial score (nSPS) is 18.5. The topological polar surface area (TPSA) is 60.5 Å². The van der Waals surface area contributed by atoms with Gasteiger partial charge in [-0.15, -0.1) is 37.2 Å². The number of halogens is 3. The molecule has 0 aliphatic carbocycles. The lowest BCUT2D eigenvalue weighted by atomic mass is 9.88. The van der Waals surface area contributed by atoms with Gasteiger partial charge in [0.1, 0.15) is 5.82 Å². The fraction of sp³-hybridized carbons (Fsp3) is 0.647. The predicted octanol–water partition coefficient (Wildman–Crippen LogP) is 1.57. The number of aromatic nitrogens is 1. The number of rotatable bonds is 5. The minimum absolute atomic E-state index is 0. The third-order valence-corrected chi connectivity index (χ3v) is 5.04. The van der Waals surface area contributed by atoms with Gasteiger partial charge >= 0.3 is 0 Å². The van der Waals surface area contributed by atoms with E-state index in [1.54, 1.807) is 0 Å². The monoisotopic (exact) mass is 425 g/mol. The van der Waals surface area contributed by atoms with E-state index in [2.05, 4.69) is 38.5 Å². The van der Waals surface area contributed by atoms with Gasteiger partial charge in [-0.25, -0.2) is 4.98 Å². The van der Waals surface area contributed by atoms with Crippen molar-refractivity contribution < 1.29 is 4.79 Å². The highest BCUT2D eigenvalue weighted by molar-refractivity contribution is 5.86. The minimum Gasteiger partial charge on any atom is -0.354 e. The highest BCUT2D eigenvalue weighted by Crippen LogP contribution is 2.17. The van der Waals surface area contributed by atoms with Gasteiger partial charge in [-0.2, -0.15) is 0 Å². The zero-order chi connectivity index (χ0) is 16.2. The Morgan fingerprint density at radius 2 is 1.92 bits per heavy atom. The van der Waals surface area contributed by atoms with Crippen molar-refractivity contribution in [3.8, 4) is 0 Å². The number of carbonyl (C=O) groups is 1. The van der Waals surface area contributed by atoms with E-state index in [9.17, 15) is 4.79 Å². The van der Waals surface area contributed by atoms with Crippen LogP contribution < -0.4 is 15.5 Å². The summed E-state index contributed by atoms with van der Waals surface area (Å²) in [4.78, 5) is 21.3. The largest absolute Gasteiger partial charge is 0.354 e. The second kappa shape index (κ2) is 11.8. The zero-order valence-corrected chi connectivity index (χ0v) is 17.8. The van der Waals surface area contributed by atoms with Gasteiger partial charge in [-0.1, -0.05) is 6.92 Å². The Morgan fingerprint density at radius 1 is 1.27 bits per heavy atom. The Labute approximate surface area is 174 Å². The van der Waals surface area contributed by atoms with Gasteiger partial charge in [0.15, 0.2) is 0 Å². The summed E-state index contributed by atoms with van der Waals surface area (Å²) in [5.74, 6) is 1.72. The second-order valence-electron chi connectivity index (χ2n) is 6.74. The number of piperazine rings is 1. The molecule has 0 spiro atoms. The Kier molecular flexibility index (Phi) is 11.5. The molecule has 150 valence electrons. The molecule has 26 heavy (non-hydrogen) atoms. The molecule has 3 heterocycles. The lowest BCUT2D eigenvalue weighted by Crippen LogP contribution is -2.49. The van der Waals surface area contributed by atoms with Gasteiger partial charge in [0.05, 0.1) is 0 Å². The molecule has 0 saturated carbocycles. The predicted molar refractivity (Wildman–Crippen MR) is 113 cm³/mol. The van der Waals surface area contributed by atoms with E-state index in [1.165, 1.54) is 0 Å². The van der Waals surface area contributed by atoms with Gasteiger partial charge in [0, 0.05) is 44.8 Å². The van der Waals surface area contributed by atoms with E-state index in [4.69, 9.17) is 0 Å². The highest BCUT2D eigenvalue weighted by atomic mass is 35.5. The second-order valence-corrected chi connectivity index (χ2v) is 6.74. The molecule has 2 aliphatic heterocycles. The number of hydrogen-bond donors (Lipinski definition) is 2. The van der Waals surface area contributed by atoms with Gasteiger partial charge in [-0.3, -0.25) is 4.79 Å². The molecule has 1 aromatic rings. The van der Waals surface area contributed by atoms with E-state index >= 15 is 0 Å². The van der Waals surface area contributed by atoms with Crippen molar-refractivity contribution in [1.82, 2.24) is 20.5 Å². The molecule has 0 bridgehead atoms. The first-order chi connectivity index (χ1) is 11.1. The molecule has 2 N–H and O–H groups in total. The number of pyridine rings is 1. The summed E-state index contributed by atoms with van der Waals surface area (Å²) in [7, 11) is 2.15. The standard InChI is InChI=1S/C17H27N5O.3ClH/c1-13(15-11-18-12-15)17(23)20-10-14-3-4-19-16(9-14)22-7-5-21(2)6-8-22;;;/h3-4,9,13,15,18H,5-8,10-12H2,1-2H3,(H,20,23);3*1H. The van der Waals surface area contributed by atoms with Crippen LogP contribution in [0.5, 0.6) is 0 Å². The van der Waals surface area contributed by atoms with Crippen LogP contribution in [0.3, 0.4) is 0 Å². The lowest BCUT2D eigenvalue weighted by molar-refractivity contribution is -0.126. The lowest BCUT2D eigenvalue weighted by Gasteiger charge is -2.33. The molecule has 9 heteroatoms. The van der Waals surface area contributed by atoms with Gasteiger partial charge in [0.25, 0.3) is 0 Å². The van der Waals surface area contributed by atoms with Crippen LogP contribution in [0, 0.1) is 11.8 Å². The quantitative estimate of drug-likeness (QED) is 0.748. The summed E-state index contributed by atoms with van der Waals surface area (Å²) in [6.07, 6.45) is 1.84. The number of likely N-dealkylation sites (N-methyl/N-ethyl adjacent to an activating group) is 1. The van der Waals surface area contributed by atoms with E-state index in [1.807, 2.05) is 19.2 Å². The first-order valence-electron chi connectivity index (χ1n) is 8.50. The molecule has 0 aromatic carbocycles. The Bertz CT molecular complexity index is 551. The van der Waals surface area contributed by atoms with Crippen LogP contribution in [0.4, 0.5) is 5.82 Å². The molecular weight excluding hydrogens is 397 g/mol. The fourth-order valence-electron chi connectivity index (χ4n) is 3.01. The molecule has 6 nitrogen and oxygen atoms in total. The maximum absolute atomic E-state index is 12.2. The van der Waals surface area contributed by atoms with Crippen LogP contribution >= 0.6 is 37.2 Å². The Morgan fingerprint density at radius 3 is 2.50 bits per heavy atom. The van der Waals surface area contributed by atoms with Gasteiger partial charge < -0.3 is 20.4 Å². The van der Waals surface area contributed by atoms with E-state index in [-0.39, 0.29) is 49.0 Å². The van der Waals surface area contributed by atoms with Crippen molar-refractivity contribution in [2.24, 2.45) is 11.8 Å². The summed E-state index contributed by atoms with van der Waals surface area (Å²) >= 11 is 0. The first-order valence-corrected chi connectivity index (χ1v) is 8.50. The molecule has 1 amide bonds. The smallest absolute Gasteiger partial charge is 0.223 e.